The highest BCUT2D eigenvalue weighted by Gasteiger charge is 2.27. The number of aromatic nitrogens is 2. The first kappa shape index (κ1) is 15.9. The lowest BCUT2D eigenvalue weighted by molar-refractivity contribution is -0.386. The van der Waals surface area contributed by atoms with Crippen molar-refractivity contribution in [2.45, 2.75) is 25.7 Å². The highest BCUT2D eigenvalue weighted by molar-refractivity contribution is 5.39. The van der Waals surface area contributed by atoms with Gasteiger partial charge in [-0.1, -0.05) is 41.6 Å². The van der Waals surface area contributed by atoms with Crippen molar-refractivity contribution in [3.63, 3.8) is 0 Å². The summed E-state index contributed by atoms with van der Waals surface area (Å²) in [6.07, 6.45) is 2.82. The summed E-state index contributed by atoms with van der Waals surface area (Å²) in [5, 5.41) is 15.0. The molecular weight excluding hydrogens is 306 g/mol. The molecule has 0 aliphatic rings. The van der Waals surface area contributed by atoms with Crippen molar-refractivity contribution < 1.29 is 9.45 Å². The van der Waals surface area contributed by atoms with Gasteiger partial charge in [0.2, 0.25) is 5.76 Å². The van der Waals surface area contributed by atoms with E-state index in [0.29, 0.717) is 24.3 Å². The molecule has 2 aromatic heterocycles. The van der Waals surface area contributed by atoms with Crippen LogP contribution in [0.5, 0.6) is 0 Å². The van der Waals surface area contributed by atoms with E-state index in [1.807, 2.05) is 48.5 Å². The van der Waals surface area contributed by atoms with E-state index in [9.17, 15) is 10.1 Å². The molecule has 122 valence electrons. The Labute approximate surface area is 139 Å². The molecule has 0 amide bonds. The third-order valence-electron chi connectivity index (χ3n) is 3.97. The summed E-state index contributed by atoms with van der Waals surface area (Å²) >= 11 is 0. The zero-order valence-electron chi connectivity index (χ0n) is 13.3. The standard InChI is InChI=1S/C18H17N3O3/c1-13-18(21(22)23)17(24-20-13)12-15(14-7-3-2-4-8-14)11-16-9-5-6-10-19-16/h2-10,15H,11-12H2,1H3. The Bertz CT molecular complexity index is 816. The summed E-state index contributed by atoms with van der Waals surface area (Å²) in [5.41, 5.74) is 2.30. The van der Waals surface area contributed by atoms with Crippen LogP contribution in [0.3, 0.4) is 0 Å². The number of rotatable bonds is 6. The fourth-order valence-corrected chi connectivity index (χ4v) is 2.81. The molecule has 0 spiro atoms. The summed E-state index contributed by atoms with van der Waals surface area (Å²) in [4.78, 5) is 15.2. The molecule has 2 heterocycles. The van der Waals surface area contributed by atoms with Crippen molar-refractivity contribution in [1.29, 1.82) is 0 Å². The van der Waals surface area contributed by atoms with Crippen molar-refractivity contribution in [2.75, 3.05) is 0 Å². The molecule has 6 heteroatoms. The summed E-state index contributed by atoms with van der Waals surface area (Å²) in [6, 6.07) is 15.7. The van der Waals surface area contributed by atoms with Gasteiger partial charge in [0.25, 0.3) is 0 Å². The lowest BCUT2D eigenvalue weighted by atomic mass is 9.89. The molecule has 1 unspecified atom stereocenters. The third-order valence-corrected chi connectivity index (χ3v) is 3.97. The maximum atomic E-state index is 11.3. The Balaban J connectivity index is 1.92. The van der Waals surface area contributed by atoms with Gasteiger partial charge in [-0.3, -0.25) is 15.1 Å². The Morgan fingerprint density at radius 3 is 2.54 bits per heavy atom. The maximum absolute atomic E-state index is 11.3. The van der Waals surface area contributed by atoms with E-state index in [0.717, 1.165) is 11.3 Å². The van der Waals surface area contributed by atoms with Crippen molar-refractivity contribution >= 4 is 5.69 Å². The second kappa shape index (κ2) is 7.04. The maximum Gasteiger partial charge on any atom is 0.334 e. The predicted molar refractivity (Wildman–Crippen MR) is 88.7 cm³/mol. The van der Waals surface area contributed by atoms with E-state index in [1.54, 1.807) is 13.1 Å². The molecule has 0 fully saturated rings. The lowest BCUT2D eigenvalue weighted by Crippen LogP contribution is -2.08. The molecule has 0 saturated carbocycles. The molecule has 1 aromatic carbocycles. The van der Waals surface area contributed by atoms with Crippen LogP contribution < -0.4 is 0 Å². The minimum atomic E-state index is -0.427. The van der Waals surface area contributed by atoms with Crippen molar-refractivity contribution in [2.24, 2.45) is 0 Å². The summed E-state index contributed by atoms with van der Waals surface area (Å²) in [5.74, 6) is 0.328. The number of nitrogens with zero attached hydrogens (tertiary/aromatic N) is 3. The molecule has 0 bridgehead atoms. The first-order chi connectivity index (χ1) is 11.6. The molecule has 3 rings (SSSR count). The SMILES string of the molecule is Cc1noc(CC(Cc2ccccn2)c2ccccc2)c1[N+](=O)[O-]. The van der Waals surface area contributed by atoms with Gasteiger partial charge in [0.05, 0.1) is 4.92 Å². The minimum absolute atomic E-state index is 0.0205. The summed E-state index contributed by atoms with van der Waals surface area (Å²) < 4.78 is 5.23. The van der Waals surface area contributed by atoms with E-state index in [-0.39, 0.29) is 11.6 Å². The average molecular weight is 323 g/mol. The number of pyridine rings is 1. The van der Waals surface area contributed by atoms with Gasteiger partial charge < -0.3 is 4.52 Å². The van der Waals surface area contributed by atoms with Crippen molar-refractivity contribution in [3.8, 4) is 0 Å². The zero-order chi connectivity index (χ0) is 16.9. The topological polar surface area (TPSA) is 82.1 Å². The van der Waals surface area contributed by atoms with Crippen LogP contribution in [-0.2, 0) is 12.8 Å². The summed E-state index contributed by atoms with van der Waals surface area (Å²) in [6.45, 7) is 1.58. The molecule has 0 radical (unpaired) electrons. The van der Waals surface area contributed by atoms with E-state index in [4.69, 9.17) is 4.52 Å². The second-order valence-corrected chi connectivity index (χ2v) is 5.63. The highest BCUT2D eigenvalue weighted by atomic mass is 16.6. The number of hydrogen-bond acceptors (Lipinski definition) is 5. The van der Waals surface area contributed by atoms with Crippen LogP contribution in [0.1, 0.15) is 28.6 Å². The Kier molecular flexibility index (Phi) is 4.65. The zero-order valence-corrected chi connectivity index (χ0v) is 13.3. The first-order valence-electron chi connectivity index (χ1n) is 7.69. The number of hydrogen-bond donors (Lipinski definition) is 0. The fourth-order valence-electron chi connectivity index (χ4n) is 2.81. The molecule has 3 aromatic rings. The number of aryl methyl sites for hydroxylation is 1. The van der Waals surface area contributed by atoms with Gasteiger partial charge in [0.1, 0.15) is 0 Å². The van der Waals surface area contributed by atoms with Crippen LogP contribution in [-0.4, -0.2) is 15.1 Å². The van der Waals surface area contributed by atoms with Gasteiger partial charge >= 0.3 is 5.69 Å². The molecule has 1 atom stereocenters. The quantitative estimate of drug-likeness (QED) is 0.508. The van der Waals surface area contributed by atoms with E-state index in [1.165, 1.54) is 0 Å². The van der Waals surface area contributed by atoms with Crippen LogP contribution in [0, 0.1) is 17.0 Å². The fraction of sp³-hybridized carbons (Fsp3) is 0.222. The van der Waals surface area contributed by atoms with Crippen LogP contribution in [0.2, 0.25) is 0 Å². The van der Waals surface area contributed by atoms with E-state index >= 15 is 0 Å². The molecule has 0 N–H and O–H groups in total. The van der Waals surface area contributed by atoms with Gasteiger partial charge in [-0.05, 0) is 37.0 Å². The van der Waals surface area contributed by atoms with Gasteiger partial charge in [-0.15, -0.1) is 0 Å². The Morgan fingerprint density at radius 1 is 1.12 bits per heavy atom. The van der Waals surface area contributed by atoms with Gasteiger partial charge in [-0.2, -0.15) is 0 Å². The van der Waals surface area contributed by atoms with Crippen molar-refractivity contribution in [3.05, 3.63) is 87.6 Å². The molecular formula is C18H17N3O3. The molecule has 0 aliphatic carbocycles. The summed E-state index contributed by atoms with van der Waals surface area (Å²) in [7, 11) is 0. The smallest absolute Gasteiger partial charge is 0.334 e. The van der Waals surface area contributed by atoms with Crippen LogP contribution in [0.15, 0.2) is 59.3 Å². The first-order valence-corrected chi connectivity index (χ1v) is 7.69. The van der Waals surface area contributed by atoms with Gasteiger partial charge in [-0.25, -0.2) is 0 Å². The minimum Gasteiger partial charge on any atom is -0.354 e. The number of benzene rings is 1. The average Bonchev–Trinajstić information content (AvgIpc) is 2.96. The predicted octanol–water partition coefficient (Wildman–Crippen LogP) is 3.86. The van der Waals surface area contributed by atoms with Gasteiger partial charge in [0, 0.05) is 18.3 Å². The van der Waals surface area contributed by atoms with Crippen LogP contribution >= 0.6 is 0 Å². The molecule has 24 heavy (non-hydrogen) atoms. The normalized spacial score (nSPS) is 12.0. The van der Waals surface area contributed by atoms with E-state index < -0.39 is 4.92 Å². The lowest BCUT2D eigenvalue weighted by Gasteiger charge is -2.15. The number of nitro groups is 1. The Hall–Kier alpha value is -3.02. The van der Waals surface area contributed by atoms with E-state index in [2.05, 4.69) is 10.1 Å². The van der Waals surface area contributed by atoms with Crippen LogP contribution in [0.25, 0.3) is 0 Å². The highest BCUT2D eigenvalue weighted by Crippen LogP contribution is 2.30. The molecule has 6 nitrogen and oxygen atoms in total. The molecule has 0 aliphatic heterocycles. The monoisotopic (exact) mass is 323 g/mol. The third kappa shape index (κ3) is 3.48. The van der Waals surface area contributed by atoms with Crippen LogP contribution in [0.4, 0.5) is 5.69 Å². The van der Waals surface area contributed by atoms with Crippen molar-refractivity contribution in [1.82, 2.24) is 10.1 Å². The second-order valence-electron chi connectivity index (χ2n) is 5.63. The van der Waals surface area contributed by atoms with Gasteiger partial charge in [0.15, 0.2) is 5.69 Å². The molecule has 0 saturated heterocycles. The largest absolute Gasteiger partial charge is 0.354 e. The Morgan fingerprint density at radius 2 is 1.88 bits per heavy atom.